The topological polar surface area (TPSA) is 258 Å². The van der Waals surface area contributed by atoms with Gasteiger partial charge in [0.25, 0.3) is 0 Å². The predicted octanol–water partition coefficient (Wildman–Crippen LogP) is 30.1. The molecule has 0 aliphatic heterocycles. The van der Waals surface area contributed by atoms with Gasteiger partial charge in [0.1, 0.15) is 37.0 Å². The van der Waals surface area contributed by atoms with Crippen molar-refractivity contribution in [2.45, 2.75) is 370 Å². The van der Waals surface area contributed by atoms with Crippen LogP contribution in [0.4, 0.5) is 0 Å². The maximum Gasteiger partial charge on any atom is 0.153 e. The molecule has 0 aliphatic carbocycles. The van der Waals surface area contributed by atoms with Crippen molar-refractivity contribution in [1.82, 2.24) is 100 Å². The summed E-state index contributed by atoms with van der Waals surface area (Å²) in [6.07, 6.45) is 32.4. The van der Waals surface area contributed by atoms with E-state index in [1.54, 1.807) is 74.5 Å². The van der Waals surface area contributed by atoms with Crippen molar-refractivity contribution in [3.05, 3.63) is 278 Å². The lowest BCUT2D eigenvalue weighted by atomic mass is 10.0. The van der Waals surface area contributed by atoms with E-state index < -0.39 is 0 Å². The van der Waals surface area contributed by atoms with Crippen molar-refractivity contribution in [2.24, 2.45) is 0 Å². The molecule has 11 rings (SSSR count). The highest BCUT2D eigenvalue weighted by Gasteiger charge is 2.04. The number of hydrogen-bond donors (Lipinski definition) is 0. The molecule has 0 radical (unpaired) electrons. The molecule has 10 heterocycles. The van der Waals surface area contributed by atoms with Crippen LogP contribution in [0.15, 0.2) is 215 Å². The first-order chi connectivity index (χ1) is 58.3. The Hall–Kier alpha value is -9.98. The Balaban J connectivity index is -0.000000119. The zero-order valence-electron chi connectivity index (χ0n) is 85.0. The quantitative estimate of drug-likeness (QED) is 0.117. The lowest BCUT2D eigenvalue weighted by molar-refractivity contribution is 0.735. The van der Waals surface area contributed by atoms with Gasteiger partial charge < -0.3 is 0 Å². The van der Waals surface area contributed by atoms with Crippen LogP contribution in [0.5, 0.6) is 0 Å². The Morgan fingerprint density at radius 2 is 0.529 bits per heavy atom. The Morgan fingerprint density at radius 1 is 0.165 bits per heavy atom. The van der Waals surface area contributed by atoms with Crippen LogP contribution in [0.3, 0.4) is 0 Å². The highest BCUT2D eigenvalue weighted by atomic mass is 15.1. The van der Waals surface area contributed by atoms with Crippen molar-refractivity contribution in [3.8, 4) is 0 Å². The molecule has 0 fully saturated rings. The smallest absolute Gasteiger partial charge is 0.153 e. The average molecular weight is 1670 g/mol. The van der Waals surface area contributed by atoms with Crippen molar-refractivity contribution in [3.63, 3.8) is 0 Å². The van der Waals surface area contributed by atoms with Crippen molar-refractivity contribution < 1.29 is 0 Å². The molecule has 0 saturated heterocycles. The zero-order chi connectivity index (χ0) is 95.6. The summed E-state index contributed by atoms with van der Waals surface area (Å²) in [6.45, 7) is 90.5. The third kappa shape index (κ3) is 86.2. The minimum absolute atomic E-state index is 0.374. The molecule has 11 aromatic rings. The van der Waals surface area contributed by atoms with E-state index in [-0.39, 0.29) is 0 Å². The molecule has 0 aliphatic rings. The highest BCUT2D eigenvalue weighted by Crippen LogP contribution is 2.15. The molecule has 20 nitrogen and oxygen atoms in total. The maximum atomic E-state index is 4.18. The van der Waals surface area contributed by atoms with Crippen LogP contribution in [-0.2, 0) is 0 Å². The van der Waals surface area contributed by atoms with Gasteiger partial charge in [0.05, 0.1) is 29.5 Å². The fourth-order valence-electron chi connectivity index (χ4n) is 7.12. The fraction of sp³-hybridized carbons (Fsp3) is 0.545. The van der Waals surface area contributed by atoms with E-state index in [0.29, 0.717) is 65.1 Å². The summed E-state index contributed by atoms with van der Waals surface area (Å²) in [7, 11) is 0. The van der Waals surface area contributed by atoms with Crippen LogP contribution in [0.25, 0.3) is 0 Å². The molecule has 0 spiro atoms. The monoisotopic (exact) mass is 1670 g/mol. The van der Waals surface area contributed by atoms with E-state index >= 15 is 0 Å². The van der Waals surface area contributed by atoms with Crippen LogP contribution in [0.2, 0.25) is 0 Å². The Morgan fingerprint density at radius 3 is 0.802 bits per heavy atom. The number of aromatic nitrogens is 20. The van der Waals surface area contributed by atoms with Gasteiger partial charge in [-0.2, -0.15) is 20.4 Å². The second kappa shape index (κ2) is 106. The number of pyridine rings is 3. The van der Waals surface area contributed by atoms with Gasteiger partial charge in [-0.1, -0.05) is 347 Å². The van der Waals surface area contributed by atoms with Crippen molar-refractivity contribution in [1.29, 1.82) is 0 Å². The van der Waals surface area contributed by atoms with E-state index in [2.05, 4.69) is 269 Å². The second-order valence-corrected chi connectivity index (χ2v) is 25.5. The van der Waals surface area contributed by atoms with E-state index in [0.717, 1.165) is 45.9 Å². The molecule has 0 N–H and O–H groups in total. The van der Waals surface area contributed by atoms with Crippen molar-refractivity contribution in [2.75, 3.05) is 0 Å². The fourth-order valence-corrected chi connectivity index (χ4v) is 7.12. The number of nitrogens with zero attached hydrogens (tertiary/aromatic N) is 20. The van der Waals surface area contributed by atoms with Crippen LogP contribution < -0.4 is 0 Å². The molecule has 0 atom stereocenters. The van der Waals surface area contributed by atoms with Crippen LogP contribution in [0.1, 0.15) is 432 Å². The third-order valence-corrected chi connectivity index (χ3v) is 13.3. The number of benzene rings is 1. The largest absolute Gasteiger partial charge is 0.265 e. The Kier molecular flexibility index (Phi) is 118. The van der Waals surface area contributed by atoms with Gasteiger partial charge in [-0.25, -0.2) is 44.9 Å². The lowest BCUT2D eigenvalue weighted by Gasteiger charge is -2.01. The number of rotatable bonds is 11. The second-order valence-electron chi connectivity index (χ2n) is 25.5. The zero-order valence-corrected chi connectivity index (χ0v) is 85.0. The first kappa shape index (κ1) is 134. The van der Waals surface area contributed by atoms with Gasteiger partial charge >= 0.3 is 0 Å². The summed E-state index contributed by atoms with van der Waals surface area (Å²) in [4.78, 5) is 55.8. The summed E-state index contributed by atoms with van der Waals surface area (Å²) >= 11 is 0. The molecule has 682 valence electrons. The maximum absolute atomic E-state index is 4.18. The molecular formula is C101H178N20. The lowest BCUT2D eigenvalue weighted by Crippen LogP contribution is -1.96. The van der Waals surface area contributed by atoms with Gasteiger partial charge in [0.2, 0.25) is 0 Å². The Bertz CT molecular complexity index is 2700. The summed E-state index contributed by atoms with van der Waals surface area (Å²) in [5.41, 5.74) is 9.43. The van der Waals surface area contributed by atoms with Gasteiger partial charge in [-0.3, -0.25) is 24.9 Å². The molecule has 1 aromatic carbocycles. The number of hydrogen-bond acceptors (Lipinski definition) is 20. The molecular weight excluding hydrogens is 1490 g/mol. The summed E-state index contributed by atoms with van der Waals surface area (Å²) in [6, 6.07) is 32.3. The van der Waals surface area contributed by atoms with Crippen LogP contribution in [0, 0.1) is 0 Å². The van der Waals surface area contributed by atoms with Gasteiger partial charge in [0.15, 0.2) is 5.82 Å². The van der Waals surface area contributed by atoms with E-state index in [1.807, 2.05) is 258 Å². The SMILES string of the molecule is CC.CC.CC.CC.CC.CC.CC.CC.CC.CC.CC.CC(C)c1ccccc1.CC(C)c1ccccn1.CC(C)c1cccnc1.CC(C)c1cccnn1.CC(C)c1ccncc1.CC(C)c1ccncn1.CC(C)c1cnccn1.CC(C)c1cnncn1.CC(C)c1ncccn1.CC(C)c1nccnn1.CC(C)c1ncncn1. The molecule has 0 bridgehead atoms. The van der Waals surface area contributed by atoms with E-state index in [1.165, 1.54) is 35.7 Å². The molecule has 20 heteroatoms. The van der Waals surface area contributed by atoms with Crippen LogP contribution >= 0.6 is 0 Å². The molecule has 10 aromatic heterocycles. The van der Waals surface area contributed by atoms with Crippen molar-refractivity contribution >= 4 is 0 Å². The predicted molar refractivity (Wildman–Crippen MR) is 527 cm³/mol. The molecule has 0 amide bonds. The van der Waals surface area contributed by atoms with Gasteiger partial charge in [-0.15, -0.1) is 10.2 Å². The summed E-state index contributed by atoms with van der Waals surface area (Å²) < 4.78 is 0. The summed E-state index contributed by atoms with van der Waals surface area (Å²) in [5.74, 6) is 8.12. The standard InChI is InChI=1S/C9H12.3C8H11N.4C7H10N2.3C6H9N3.11C2H6/c1-8(2)9-6-4-3-5-7-9;1-7(2)8-3-5-9-6-4-8;1-7(2)8-4-3-5-9-6-8;1-7(2)8-5-3-4-6-9-8;1-6(2)7-5-8-3-4-9-7;1-6(2)7-3-4-8-5-9-7;1-6(2)7-8-4-3-5-9-7;1-6(2)7-4-3-5-8-9-7;1-5(2)6-8-3-7-4-9-6;1-5(2)6-3-8-9-4-7-6;1-5(2)6-7-3-4-8-9-6;11*1-2/h3-8H,1-2H3;3*3-7H,1-2H3;4*3-6H,1-2H3;3*3-5H,1-2H3;11*1-2H3. The van der Waals surface area contributed by atoms with E-state index in [9.17, 15) is 0 Å². The molecule has 0 unspecified atom stereocenters. The molecule has 0 saturated carbocycles. The highest BCUT2D eigenvalue weighted by molar-refractivity contribution is 5.18. The minimum atomic E-state index is 0.374. The van der Waals surface area contributed by atoms with Gasteiger partial charge in [0, 0.05) is 110 Å². The summed E-state index contributed by atoms with van der Waals surface area (Å²) in [5, 5.41) is 22.5. The van der Waals surface area contributed by atoms with Crippen LogP contribution in [-0.4, -0.2) is 100 Å². The average Bonchev–Trinajstić information content (AvgIpc) is 1.07. The first-order valence-electron chi connectivity index (χ1n) is 45.1. The van der Waals surface area contributed by atoms with Gasteiger partial charge in [-0.05, 0) is 119 Å². The molecule has 121 heavy (non-hydrogen) atoms. The normalized spacial score (nSPS) is 8.82. The minimum Gasteiger partial charge on any atom is -0.265 e. The third-order valence-electron chi connectivity index (χ3n) is 13.3. The Labute approximate surface area is 743 Å². The van der Waals surface area contributed by atoms with E-state index in [4.69, 9.17) is 0 Å². The first-order valence-corrected chi connectivity index (χ1v) is 45.1.